The van der Waals surface area contributed by atoms with E-state index in [-0.39, 0.29) is 15.4 Å². The molecule has 0 amide bonds. The second-order valence-corrected chi connectivity index (χ2v) is 4.36. The quantitative estimate of drug-likeness (QED) is 0.897. The average Bonchev–Trinajstić information content (AvgIpc) is 2.60. The summed E-state index contributed by atoms with van der Waals surface area (Å²) in [5.74, 6) is -2.54. The number of halogens is 2. The number of carboxylic acid groups (broad SMARTS) is 1. The molecule has 0 aliphatic carbocycles. The molecule has 88 valence electrons. The van der Waals surface area contributed by atoms with Crippen molar-refractivity contribution in [1.82, 2.24) is 4.98 Å². The van der Waals surface area contributed by atoms with Crippen LogP contribution in [-0.2, 0) is 0 Å². The predicted molar refractivity (Wildman–Crippen MR) is 59.2 cm³/mol. The molecule has 1 aromatic heterocycles. The first-order valence-electron chi connectivity index (χ1n) is 4.65. The third-order valence-corrected chi connectivity index (χ3v) is 3.33. The number of hydrogen-bond acceptors (Lipinski definition) is 3. The molecule has 1 heterocycles. The largest absolute Gasteiger partial charge is 0.477 e. The molecule has 1 N–H and O–H groups in total. The van der Waals surface area contributed by atoms with Crippen LogP contribution in [0.1, 0.15) is 15.4 Å². The van der Waals surface area contributed by atoms with E-state index in [9.17, 15) is 13.6 Å². The highest BCUT2D eigenvalue weighted by atomic mass is 32.1. The number of aryl methyl sites for hydroxylation is 1. The van der Waals surface area contributed by atoms with Crippen molar-refractivity contribution in [3.63, 3.8) is 0 Å². The van der Waals surface area contributed by atoms with E-state index in [0.29, 0.717) is 5.69 Å². The topological polar surface area (TPSA) is 50.2 Å². The minimum Gasteiger partial charge on any atom is -0.477 e. The molecule has 0 aliphatic heterocycles. The van der Waals surface area contributed by atoms with E-state index in [1.165, 1.54) is 13.0 Å². The van der Waals surface area contributed by atoms with Crippen molar-refractivity contribution >= 4 is 17.3 Å². The van der Waals surface area contributed by atoms with Crippen LogP contribution in [0.3, 0.4) is 0 Å². The lowest BCUT2D eigenvalue weighted by Crippen LogP contribution is -1.94. The number of aromatic nitrogens is 1. The first-order chi connectivity index (χ1) is 7.99. The number of benzene rings is 1. The van der Waals surface area contributed by atoms with Crippen molar-refractivity contribution in [2.75, 3.05) is 0 Å². The van der Waals surface area contributed by atoms with Gasteiger partial charge in [-0.1, -0.05) is 0 Å². The zero-order chi connectivity index (χ0) is 12.6. The summed E-state index contributed by atoms with van der Waals surface area (Å²) >= 11 is 0.868. The lowest BCUT2D eigenvalue weighted by atomic mass is 10.2. The van der Waals surface area contributed by atoms with E-state index >= 15 is 0 Å². The fraction of sp³-hybridized carbons (Fsp3) is 0.0909. The molecular formula is C11H7F2NO2S. The van der Waals surface area contributed by atoms with E-state index in [2.05, 4.69) is 4.98 Å². The van der Waals surface area contributed by atoms with Gasteiger partial charge in [-0.25, -0.2) is 18.6 Å². The summed E-state index contributed by atoms with van der Waals surface area (Å²) in [6, 6.07) is 3.09. The normalized spacial score (nSPS) is 10.5. The van der Waals surface area contributed by atoms with Gasteiger partial charge in [-0.05, 0) is 19.1 Å². The smallest absolute Gasteiger partial charge is 0.347 e. The van der Waals surface area contributed by atoms with E-state index < -0.39 is 17.6 Å². The molecule has 0 saturated carbocycles. The third kappa shape index (κ3) is 2.16. The van der Waals surface area contributed by atoms with Crippen LogP contribution in [0.5, 0.6) is 0 Å². The summed E-state index contributed by atoms with van der Waals surface area (Å²) in [6.07, 6.45) is 0. The van der Waals surface area contributed by atoms with Crippen LogP contribution in [0.25, 0.3) is 10.6 Å². The fourth-order valence-electron chi connectivity index (χ4n) is 1.37. The molecule has 2 aromatic rings. The zero-order valence-corrected chi connectivity index (χ0v) is 9.52. The maximum absolute atomic E-state index is 13.5. The van der Waals surface area contributed by atoms with Crippen molar-refractivity contribution in [3.8, 4) is 10.6 Å². The summed E-state index contributed by atoms with van der Waals surface area (Å²) in [6.45, 7) is 1.53. The number of rotatable bonds is 2. The molecule has 0 spiro atoms. The number of hydrogen-bond donors (Lipinski definition) is 1. The Balaban J connectivity index is 2.53. The molecule has 17 heavy (non-hydrogen) atoms. The van der Waals surface area contributed by atoms with Gasteiger partial charge < -0.3 is 5.11 Å². The van der Waals surface area contributed by atoms with Crippen LogP contribution < -0.4 is 0 Å². The van der Waals surface area contributed by atoms with Crippen molar-refractivity contribution in [2.45, 2.75) is 6.92 Å². The Bertz CT molecular complexity index is 595. The standard InChI is InChI=1S/C11H7F2NO2S/c1-5-9(11(15)16)17-10(14-5)7-3-2-6(12)4-8(7)13/h2-4H,1H3,(H,15,16). The summed E-state index contributed by atoms with van der Waals surface area (Å²) in [4.78, 5) is 14.8. The van der Waals surface area contributed by atoms with Crippen LogP contribution in [0.15, 0.2) is 18.2 Å². The highest BCUT2D eigenvalue weighted by Crippen LogP contribution is 2.29. The van der Waals surface area contributed by atoms with Crippen molar-refractivity contribution in [3.05, 3.63) is 40.4 Å². The highest BCUT2D eigenvalue weighted by Gasteiger charge is 2.17. The Morgan fingerprint density at radius 2 is 2.12 bits per heavy atom. The monoisotopic (exact) mass is 255 g/mol. The minimum absolute atomic E-state index is 0.0590. The molecule has 0 atom stereocenters. The minimum atomic E-state index is -1.10. The second-order valence-electron chi connectivity index (χ2n) is 3.36. The number of carbonyl (C=O) groups is 1. The molecule has 2 rings (SSSR count). The van der Waals surface area contributed by atoms with Gasteiger partial charge in [0.05, 0.1) is 5.69 Å². The highest BCUT2D eigenvalue weighted by molar-refractivity contribution is 7.17. The van der Waals surface area contributed by atoms with Crippen molar-refractivity contribution < 1.29 is 18.7 Å². The second kappa shape index (κ2) is 4.21. The van der Waals surface area contributed by atoms with Gasteiger partial charge in [0.25, 0.3) is 0 Å². The first-order valence-corrected chi connectivity index (χ1v) is 5.47. The van der Waals surface area contributed by atoms with E-state index in [0.717, 1.165) is 23.5 Å². The summed E-state index contributed by atoms with van der Waals surface area (Å²) < 4.78 is 26.2. The van der Waals surface area contributed by atoms with Gasteiger partial charge in [0, 0.05) is 11.6 Å². The molecule has 0 aliphatic rings. The van der Waals surface area contributed by atoms with Crippen molar-refractivity contribution in [2.24, 2.45) is 0 Å². The number of carboxylic acids is 1. The summed E-state index contributed by atoms with van der Waals surface area (Å²) in [5, 5.41) is 9.09. The molecule has 1 aromatic carbocycles. The maximum atomic E-state index is 13.5. The van der Waals surface area contributed by atoms with Gasteiger partial charge in [0.2, 0.25) is 0 Å². The Hall–Kier alpha value is -1.82. The number of aromatic carboxylic acids is 1. The number of nitrogens with zero attached hydrogens (tertiary/aromatic N) is 1. The Morgan fingerprint density at radius 3 is 2.65 bits per heavy atom. The van der Waals surface area contributed by atoms with Gasteiger partial charge in [0.1, 0.15) is 21.5 Å². The Labute approximate surface area is 99.4 Å². The molecule has 0 saturated heterocycles. The Kier molecular flexibility index (Phi) is 2.89. The van der Waals surface area contributed by atoms with Crippen LogP contribution in [0, 0.1) is 18.6 Å². The average molecular weight is 255 g/mol. The fourth-order valence-corrected chi connectivity index (χ4v) is 2.31. The van der Waals surface area contributed by atoms with Crippen LogP contribution in [0.4, 0.5) is 8.78 Å². The summed E-state index contributed by atoms with van der Waals surface area (Å²) in [5.41, 5.74) is 0.424. The number of thiazole rings is 1. The third-order valence-electron chi connectivity index (χ3n) is 2.15. The molecule has 0 unspecified atom stereocenters. The first kappa shape index (κ1) is 11.7. The molecule has 6 heteroatoms. The van der Waals surface area contributed by atoms with Gasteiger partial charge >= 0.3 is 5.97 Å². The molecule has 3 nitrogen and oxygen atoms in total. The van der Waals surface area contributed by atoms with Crippen LogP contribution in [0.2, 0.25) is 0 Å². The van der Waals surface area contributed by atoms with E-state index in [1.54, 1.807) is 0 Å². The molecular weight excluding hydrogens is 248 g/mol. The zero-order valence-electron chi connectivity index (χ0n) is 8.70. The SMILES string of the molecule is Cc1nc(-c2ccc(F)cc2F)sc1C(=O)O. The lowest BCUT2D eigenvalue weighted by Gasteiger charge is -1.98. The summed E-state index contributed by atoms with van der Waals surface area (Å²) in [7, 11) is 0. The van der Waals surface area contributed by atoms with Gasteiger partial charge in [-0.15, -0.1) is 11.3 Å². The van der Waals surface area contributed by atoms with Gasteiger partial charge in [0.15, 0.2) is 0 Å². The lowest BCUT2D eigenvalue weighted by molar-refractivity contribution is 0.0701. The van der Waals surface area contributed by atoms with Crippen LogP contribution >= 0.6 is 11.3 Å². The van der Waals surface area contributed by atoms with Crippen LogP contribution in [-0.4, -0.2) is 16.1 Å². The molecule has 0 fully saturated rings. The van der Waals surface area contributed by atoms with E-state index in [1.807, 2.05) is 0 Å². The van der Waals surface area contributed by atoms with E-state index in [4.69, 9.17) is 5.11 Å². The maximum Gasteiger partial charge on any atom is 0.347 e. The Morgan fingerprint density at radius 1 is 1.41 bits per heavy atom. The van der Waals surface area contributed by atoms with Gasteiger partial charge in [-0.2, -0.15) is 0 Å². The van der Waals surface area contributed by atoms with Crippen molar-refractivity contribution in [1.29, 1.82) is 0 Å². The van der Waals surface area contributed by atoms with Gasteiger partial charge in [-0.3, -0.25) is 0 Å². The molecule has 0 bridgehead atoms. The predicted octanol–water partition coefficient (Wildman–Crippen LogP) is 3.09. The molecule has 0 radical (unpaired) electrons.